The second kappa shape index (κ2) is 8.67. The molecule has 2 amide bonds. The Labute approximate surface area is 173 Å². The molecule has 1 aromatic heterocycles. The van der Waals surface area contributed by atoms with Gasteiger partial charge in [-0.25, -0.2) is 0 Å². The Balaban J connectivity index is 1.78. The maximum atomic E-state index is 12.5. The fourth-order valence-corrected chi connectivity index (χ4v) is 3.60. The lowest BCUT2D eigenvalue weighted by molar-refractivity contribution is -0.131. The van der Waals surface area contributed by atoms with Gasteiger partial charge in [0.25, 0.3) is 5.91 Å². The first-order valence-corrected chi connectivity index (χ1v) is 9.81. The van der Waals surface area contributed by atoms with Gasteiger partial charge in [-0.05, 0) is 56.3 Å². The molecule has 0 aliphatic rings. The van der Waals surface area contributed by atoms with Crippen molar-refractivity contribution in [2.45, 2.75) is 20.4 Å². The van der Waals surface area contributed by atoms with Crippen molar-refractivity contribution in [2.24, 2.45) is 0 Å². The fraction of sp³-hybridized carbons (Fsp3) is 0.238. The van der Waals surface area contributed by atoms with Gasteiger partial charge >= 0.3 is 0 Å². The third kappa shape index (κ3) is 4.32. The number of nitrogens with zero attached hydrogens (tertiary/aromatic N) is 2. The van der Waals surface area contributed by atoms with Gasteiger partial charge in [0.15, 0.2) is 0 Å². The molecule has 0 atom stereocenters. The predicted octanol–water partition coefficient (Wildman–Crippen LogP) is 5.07. The largest absolute Gasteiger partial charge is 0.342 e. The molecule has 3 aromatic rings. The summed E-state index contributed by atoms with van der Waals surface area (Å²) < 4.78 is 1.91. The SMILES string of the molecule is CCN(CC)C(=O)Cn1ccc2cc(NC(=O)c3ccc(Cl)cc3Cl)ccc21. The zero-order valence-electron chi connectivity index (χ0n) is 15.7. The van der Waals surface area contributed by atoms with Crippen LogP contribution in [-0.2, 0) is 11.3 Å². The minimum absolute atomic E-state index is 0.0808. The van der Waals surface area contributed by atoms with Crippen LogP contribution in [0.15, 0.2) is 48.7 Å². The highest BCUT2D eigenvalue weighted by atomic mass is 35.5. The van der Waals surface area contributed by atoms with E-state index in [4.69, 9.17) is 23.2 Å². The predicted molar refractivity (Wildman–Crippen MR) is 114 cm³/mol. The van der Waals surface area contributed by atoms with E-state index in [1.54, 1.807) is 17.0 Å². The van der Waals surface area contributed by atoms with Crippen molar-refractivity contribution < 1.29 is 9.59 Å². The minimum atomic E-state index is -0.308. The number of fused-ring (bicyclic) bond motifs is 1. The molecule has 0 fully saturated rings. The van der Waals surface area contributed by atoms with Gasteiger partial charge in [-0.2, -0.15) is 0 Å². The summed E-state index contributed by atoms with van der Waals surface area (Å²) >= 11 is 12.0. The van der Waals surface area contributed by atoms with Gasteiger partial charge in [0.2, 0.25) is 5.91 Å². The van der Waals surface area contributed by atoms with Gasteiger partial charge in [-0.3, -0.25) is 9.59 Å². The zero-order valence-corrected chi connectivity index (χ0v) is 17.2. The molecular weight excluding hydrogens is 397 g/mol. The van der Waals surface area contributed by atoms with Crippen LogP contribution in [-0.4, -0.2) is 34.4 Å². The van der Waals surface area contributed by atoms with Crippen molar-refractivity contribution in [3.63, 3.8) is 0 Å². The molecule has 1 heterocycles. The van der Waals surface area contributed by atoms with Crippen LogP contribution < -0.4 is 5.32 Å². The van der Waals surface area contributed by atoms with Gasteiger partial charge in [-0.15, -0.1) is 0 Å². The molecule has 2 aromatic carbocycles. The fourth-order valence-electron chi connectivity index (χ4n) is 3.11. The average molecular weight is 418 g/mol. The first kappa shape index (κ1) is 20.2. The molecule has 146 valence electrons. The maximum Gasteiger partial charge on any atom is 0.257 e. The number of anilines is 1. The molecular formula is C21H21Cl2N3O2. The van der Waals surface area contributed by atoms with E-state index in [9.17, 15) is 9.59 Å². The van der Waals surface area contributed by atoms with Gasteiger partial charge in [0, 0.05) is 40.9 Å². The van der Waals surface area contributed by atoms with Crippen LogP contribution >= 0.6 is 23.2 Å². The monoisotopic (exact) mass is 417 g/mol. The van der Waals surface area contributed by atoms with Crippen molar-refractivity contribution in [2.75, 3.05) is 18.4 Å². The molecule has 0 aliphatic carbocycles. The smallest absolute Gasteiger partial charge is 0.257 e. The van der Waals surface area contributed by atoms with Crippen molar-refractivity contribution in [1.29, 1.82) is 0 Å². The quantitative estimate of drug-likeness (QED) is 0.608. The first-order valence-electron chi connectivity index (χ1n) is 9.06. The number of benzene rings is 2. The Hall–Kier alpha value is -2.50. The summed E-state index contributed by atoms with van der Waals surface area (Å²) in [5.74, 6) is -0.227. The minimum Gasteiger partial charge on any atom is -0.342 e. The molecule has 7 heteroatoms. The number of rotatable bonds is 6. The number of halogens is 2. The average Bonchev–Trinajstić information content (AvgIpc) is 3.04. The molecule has 5 nitrogen and oxygen atoms in total. The summed E-state index contributed by atoms with van der Waals surface area (Å²) in [6.45, 7) is 5.61. The highest BCUT2D eigenvalue weighted by molar-refractivity contribution is 6.37. The van der Waals surface area contributed by atoms with Crippen LogP contribution in [0.4, 0.5) is 5.69 Å². The Morgan fingerprint density at radius 3 is 2.46 bits per heavy atom. The van der Waals surface area contributed by atoms with Crippen LogP contribution in [0.2, 0.25) is 10.0 Å². The van der Waals surface area contributed by atoms with E-state index < -0.39 is 0 Å². The number of likely N-dealkylation sites (N-methyl/N-ethyl adjacent to an activating group) is 1. The van der Waals surface area contributed by atoms with E-state index in [1.807, 2.05) is 48.9 Å². The lowest BCUT2D eigenvalue weighted by Gasteiger charge is -2.19. The Morgan fingerprint density at radius 1 is 1.04 bits per heavy atom. The molecule has 0 saturated heterocycles. The molecule has 3 rings (SSSR count). The zero-order chi connectivity index (χ0) is 20.3. The third-order valence-electron chi connectivity index (χ3n) is 4.63. The molecule has 1 N–H and O–H groups in total. The highest BCUT2D eigenvalue weighted by Gasteiger charge is 2.14. The van der Waals surface area contributed by atoms with Gasteiger partial charge < -0.3 is 14.8 Å². The van der Waals surface area contributed by atoms with Crippen molar-refractivity contribution in [3.8, 4) is 0 Å². The van der Waals surface area contributed by atoms with Gasteiger partial charge in [0.05, 0.1) is 10.6 Å². The Kier molecular flexibility index (Phi) is 6.27. The van der Waals surface area contributed by atoms with Crippen molar-refractivity contribution in [1.82, 2.24) is 9.47 Å². The number of carbonyl (C=O) groups excluding carboxylic acids is 2. The molecule has 0 saturated carbocycles. The Bertz CT molecular complexity index is 1030. The second-order valence-electron chi connectivity index (χ2n) is 6.36. The molecule has 0 unspecified atom stereocenters. The summed E-state index contributed by atoms with van der Waals surface area (Å²) in [4.78, 5) is 26.6. The van der Waals surface area contributed by atoms with Crippen molar-refractivity contribution >= 4 is 51.6 Å². The van der Waals surface area contributed by atoms with E-state index in [2.05, 4.69) is 5.32 Å². The van der Waals surface area contributed by atoms with Crippen molar-refractivity contribution in [3.05, 3.63) is 64.3 Å². The Morgan fingerprint density at radius 2 is 1.79 bits per heavy atom. The van der Waals surface area contributed by atoms with E-state index >= 15 is 0 Å². The highest BCUT2D eigenvalue weighted by Crippen LogP contribution is 2.24. The molecule has 0 bridgehead atoms. The molecule has 28 heavy (non-hydrogen) atoms. The topological polar surface area (TPSA) is 54.3 Å². The molecule has 0 spiro atoms. The molecule has 0 aliphatic heterocycles. The van der Waals surface area contributed by atoms with Crippen LogP contribution in [0.5, 0.6) is 0 Å². The summed E-state index contributed by atoms with van der Waals surface area (Å²) in [5, 5.41) is 4.56. The van der Waals surface area contributed by atoms with Crippen LogP contribution in [0, 0.1) is 0 Å². The molecule has 0 radical (unpaired) electrons. The van der Waals surface area contributed by atoms with E-state index in [-0.39, 0.29) is 18.4 Å². The second-order valence-corrected chi connectivity index (χ2v) is 7.21. The normalized spacial score (nSPS) is 10.9. The number of aromatic nitrogens is 1. The lowest BCUT2D eigenvalue weighted by Crippen LogP contribution is -2.33. The maximum absolute atomic E-state index is 12.5. The lowest BCUT2D eigenvalue weighted by atomic mass is 10.2. The number of amides is 2. The number of hydrogen-bond donors (Lipinski definition) is 1. The van der Waals surface area contributed by atoms with Gasteiger partial charge in [0.1, 0.15) is 6.54 Å². The van der Waals surface area contributed by atoms with E-state index in [0.29, 0.717) is 34.4 Å². The third-order valence-corrected chi connectivity index (χ3v) is 5.17. The van der Waals surface area contributed by atoms with E-state index in [0.717, 1.165) is 10.9 Å². The number of hydrogen-bond acceptors (Lipinski definition) is 2. The van der Waals surface area contributed by atoms with E-state index in [1.165, 1.54) is 6.07 Å². The van der Waals surface area contributed by atoms with Gasteiger partial charge in [-0.1, -0.05) is 23.2 Å². The summed E-state index contributed by atoms with van der Waals surface area (Å²) in [5.41, 5.74) is 1.94. The first-order chi connectivity index (χ1) is 13.4. The standard InChI is InChI=1S/C21H21Cl2N3O2/c1-3-25(4-2)20(27)13-26-10-9-14-11-16(6-8-19(14)26)24-21(28)17-7-5-15(22)12-18(17)23/h5-12H,3-4,13H2,1-2H3,(H,24,28). The summed E-state index contributed by atoms with van der Waals surface area (Å²) in [6, 6.07) is 12.2. The van der Waals surface area contributed by atoms with Crippen LogP contribution in [0.3, 0.4) is 0 Å². The van der Waals surface area contributed by atoms with Crippen LogP contribution in [0.1, 0.15) is 24.2 Å². The summed E-state index contributed by atoms with van der Waals surface area (Å²) in [6.07, 6.45) is 1.88. The summed E-state index contributed by atoms with van der Waals surface area (Å²) in [7, 11) is 0. The van der Waals surface area contributed by atoms with Crippen LogP contribution in [0.25, 0.3) is 10.9 Å². The number of nitrogens with one attached hydrogen (secondary N) is 1. The number of carbonyl (C=O) groups is 2.